The van der Waals surface area contributed by atoms with Gasteiger partial charge in [0, 0.05) is 36.1 Å². The highest BCUT2D eigenvalue weighted by Gasteiger charge is 2.22. The van der Waals surface area contributed by atoms with Crippen molar-refractivity contribution in [3.05, 3.63) is 29.3 Å². The first-order chi connectivity index (χ1) is 16.7. The summed E-state index contributed by atoms with van der Waals surface area (Å²) in [6.07, 6.45) is 8.17. The summed E-state index contributed by atoms with van der Waals surface area (Å²) in [5.74, 6) is -0.437. The molecule has 2 amide bonds. The van der Waals surface area contributed by atoms with Crippen molar-refractivity contribution in [1.82, 2.24) is 5.32 Å². The van der Waals surface area contributed by atoms with E-state index < -0.39 is 0 Å². The molecule has 7 heteroatoms. The van der Waals surface area contributed by atoms with E-state index in [-0.39, 0.29) is 35.2 Å². The van der Waals surface area contributed by atoms with Crippen LogP contribution in [-0.4, -0.2) is 36.5 Å². The van der Waals surface area contributed by atoms with Crippen LogP contribution in [0.1, 0.15) is 114 Å². The van der Waals surface area contributed by atoms with Gasteiger partial charge >= 0.3 is 0 Å². The highest BCUT2D eigenvalue weighted by Crippen LogP contribution is 2.24. The molecule has 35 heavy (non-hydrogen) atoms. The van der Waals surface area contributed by atoms with E-state index in [0.717, 1.165) is 38.0 Å². The first kappa shape index (κ1) is 32.5. The lowest BCUT2D eigenvalue weighted by atomic mass is 9.93. The lowest BCUT2D eigenvalue weighted by Gasteiger charge is -2.16. The van der Waals surface area contributed by atoms with Crippen LogP contribution in [0, 0.1) is 11.8 Å². The summed E-state index contributed by atoms with van der Waals surface area (Å²) in [6.45, 7) is 12.7. The van der Waals surface area contributed by atoms with Gasteiger partial charge in [-0.05, 0) is 38.8 Å². The minimum atomic E-state index is -0.141. The number of hydrogen-bond acceptors (Lipinski definition) is 6. The highest BCUT2D eigenvalue weighted by atomic mass is 16.2. The Balaban J connectivity index is 0.000000870. The topological polar surface area (TPSA) is 118 Å². The van der Waals surface area contributed by atoms with E-state index in [1.807, 2.05) is 46.8 Å². The van der Waals surface area contributed by atoms with Gasteiger partial charge in [-0.2, -0.15) is 0 Å². The number of amides is 2. The predicted octanol–water partition coefficient (Wildman–Crippen LogP) is 5.52. The Bertz CT molecular complexity index is 805. The molecule has 0 aromatic heterocycles. The summed E-state index contributed by atoms with van der Waals surface area (Å²) in [6, 6.07) is 5.47. The molecule has 1 aliphatic heterocycles. The summed E-state index contributed by atoms with van der Waals surface area (Å²) in [7, 11) is 0. The number of carbonyl (C=O) groups excluding carboxylic acids is 4. The van der Waals surface area contributed by atoms with Crippen LogP contribution in [0.2, 0.25) is 0 Å². The molecule has 1 heterocycles. The standard InChI is InChI=1S/C20H32N2O2.C6H9NO2.C2H6/c1-15(2)20(24)19-17(16(3)23)11-10-12-18(19)22-14-9-7-5-4-6-8-13-21;1-4-2-3-5(8)7-6(4)9;1-2/h10-12,15,22H,4-9,13-14,21H2,1-3H3;4H,2-3H2,1H3,(H,7,8,9);1-2H3. The van der Waals surface area contributed by atoms with Gasteiger partial charge in [0.25, 0.3) is 0 Å². The molecule has 2 rings (SSSR count). The van der Waals surface area contributed by atoms with Crippen LogP contribution in [0.5, 0.6) is 0 Å². The lowest BCUT2D eigenvalue weighted by Crippen LogP contribution is -2.39. The Morgan fingerprint density at radius 3 is 2.17 bits per heavy atom. The summed E-state index contributed by atoms with van der Waals surface area (Å²) >= 11 is 0. The van der Waals surface area contributed by atoms with Crippen LogP contribution in [-0.2, 0) is 9.59 Å². The fourth-order valence-electron chi connectivity index (χ4n) is 3.55. The quantitative estimate of drug-likeness (QED) is 0.202. The van der Waals surface area contributed by atoms with E-state index in [1.54, 1.807) is 6.07 Å². The molecule has 1 unspecified atom stereocenters. The number of anilines is 1. The van der Waals surface area contributed by atoms with Gasteiger partial charge in [-0.15, -0.1) is 0 Å². The maximum absolute atomic E-state index is 12.5. The summed E-state index contributed by atoms with van der Waals surface area (Å²) in [5.41, 5.74) is 7.33. The molecule has 4 N–H and O–H groups in total. The first-order valence-electron chi connectivity index (χ1n) is 13.1. The average molecular weight is 490 g/mol. The predicted molar refractivity (Wildman–Crippen MR) is 144 cm³/mol. The third-order valence-corrected chi connectivity index (χ3v) is 5.68. The van der Waals surface area contributed by atoms with Crippen LogP contribution in [0.3, 0.4) is 0 Å². The van der Waals surface area contributed by atoms with Crippen LogP contribution in [0.4, 0.5) is 5.69 Å². The molecule has 0 spiro atoms. The number of Topliss-reactive ketones (excluding diaryl/α,β-unsaturated/α-hetero) is 2. The van der Waals surface area contributed by atoms with E-state index in [1.165, 1.54) is 26.2 Å². The largest absolute Gasteiger partial charge is 0.384 e. The monoisotopic (exact) mass is 489 g/mol. The minimum absolute atomic E-state index is 0.0164. The van der Waals surface area contributed by atoms with E-state index in [9.17, 15) is 19.2 Å². The van der Waals surface area contributed by atoms with Gasteiger partial charge in [0.15, 0.2) is 11.6 Å². The molecule has 0 saturated carbocycles. The molecule has 1 saturated heterocycles. The number of piperidine rings is 1. The SMILES string of the molecule is CC.CC(=O)c1cccc(NCCCCCCCCN)c1C(=O)C(C)C.CC1CCC(=O)NC1=O. The molecule has 1 aromatic rings. The van der Waals surface area contributed by atoms with Crippen molar-refractivity contribution >= 4 is 29.1 Å². The molecular weight excluding hydrogens is 442 g/mol. The molecule has 0 bridgehead atoms. The number of unbranched alkanes of at least 4 members (excludes halogenated alkanes) is 5. The van der Waals surface area contributed by atoms with Crippen molar-refractivity contribution in [1.29, 1.82) is 0 Å². The first-order valence-corrected chi connectivity index (χ1v) is 13.1. The second-order valence-electron chi connectivity index (χ2n) is 8.99. The van der Waals surface area contributed by atoms with Gasteiger partial charge in [-0.25, -0.2) is 0 Å². The van der Waals surface area contributed by atoms with Crippen LogP contribution in [0.25, 0.3) is 0 Å². The third-order valence-electron chi connectivity index (χ3n) is 5.68. The smallest absolute Gasteiger partial charge is 0.229 e. The fraction of sp³-hybridized carbons (Fsp3) is 0.643. The number of carbonyl (C=O) groups is 4. The average Bonchev–Trinajstić information content (AvgIpc) is 2.84. The Morgan fingerprint density at radius 2 is 1.66 bits per heavy atom. The second-order valence-corrected chi connectivity index (χ2v) is 8.99. The van der Waals surface area contributed by atoms with Gasteiger partial charge in [0.1, 0.15) is 0 Å². The second kappa shape index (κ2) is 18.7. The van der Waals surface area contributed by atoms with Crippen molar-refractivity contribution in [3.8, 4) is 0 Å². The van der Waals surface area contributed by atoms with Gasteiger partial charge in [0.05, 0.1) is 5.56 Å². The number of imide groups is 1. The molecule has 7 nitrogen and oxygen atoms in total. The molecular formula is C28H47N3O4. The number of rotatable bonds is 12. The number of ketones is 2. The Hall–Kier alpha value is -2.54. The molecule has 1 fully saturated rings. The van der Waals surface area contributed by atoms with Gasteiger partial charge < -0.3 is 11.1 Å². The van der Waals surface area contributed by atoms with Crippen molar-refractivity contribution in [2.24, 2.45) is 17.6 Å². The molecule has 0 radical (unpaired) electrons. The van der Waals surface area contributed by atoms with Gasteiger partial charge in [-0.3, -0.25) is 24.5 Å². The summed E-state index contributed by atoms with van der Waals surface area (Å²) < 4.78 is 0. The van der Waals surface area contributed by atoms with Crippen LogP contribution < -0.4 is 16.4 Å². The highest BCUT2D eigenvalue weighted by molar-refractivity contribution is 6.12. The fourth-order valence-corrected chi connectivity index (χ4v) is 3.55. The molecule has 1 aromatic carbocycles. The third kappa shape index (κ3) is 12.6. The van der Waals surface area contributed by atoms with E-state index in [4.69, 9.17) is 5.73 Å². The minimum Gasteiger partial charge on any atom is -0.384 e. The maximum atomic E-state index is 12.5. The lowest BCUT2D eigenvalue weighted by molar-refractivity contribution is -0.135. The number of nitrogens with two attached hydrogens (primary N) is 1. The van der Waals surface area contributed by atoms with Crippen molar-refractivity contribution in [2.45, 2.75) is 92.9 Å². The van der Waals surface area contributed by atoms with E-state index >= 15 is 0 Å². The van der Waals surface area contributed by atoms with Gasteiger partial charge in [-0.1, -0.05) is 72.4 Å². The van der Waals surface area contributed by atoms with Crippen molar-refractivity contribution < 1.29 is 19.2 Å². The maximum Gasteiger partial charge on any atom is 0.229 e. The van der Waals surface area contributed by atoms with Crippen LogP contribution >= 0.6 is 0 Å². The van der Waals surface area contributed by atoms with E-state index in [0.29, 0.717) is 24.0 Å². The van der Waals surface area contributed by atoms with Crippen LogP contribution in [0.15, 0.2) is 18.2 Å². The Morgan fingerprint density at radius 1 is 1.06 bits per heavy atom. The zero-order chi connectivity index (χ0) is 26.8. The number of hydrogen-bond donors (Lipinski definition) is 3. The Kier molecular flexibility index (Phi) is 17.4. The van der Waals surface area contributed by atoms with Crippen molar-refractivity contribution in [2.75, 3.05) is 18.4 Å². The molecule has 198 valence electrons. The van der Waals surface area contributed by atoms with Gasteiger partial charge in [0.2, 0.25) is 11.8 Å². The van der Waals surface area contributed by atoms with Crippen molar-refractivity contribution in [3.63, 3.8) is 0 Å². The van der Waals surface area contributed by atoms with E-state index in [2.05, 4.69) is 10.6 Å². The molecule has 1 atom stereocenters. The molecule has 1 aliphatic rings. The number of nitrogens with one attached hydrogen (secondary N) is 2. The summed E-state index contributed by atoms with van der Waals surface area (Å²) in [5, 5.41) is 5.60. The normalized spacial score (nSPS) is 14.8. The molecule has 0 aliphatic carbocycles. The zero-order valence-electron chi connectivity index (χ0n) is 22.7. The zero-order valence-corrected chi connectivity index (χ0v) is 22.7. The number of benzene rings is 1. The summed E-state index contributed by atoms with van der Waals surface area (Å²) in [4.78, 5) is 45.5. The Labute approximate surface area is 212 Å².